The second-order valence-electron chi connectivity index (χ2n) is 10.3. The average Bonchev–Trinajstić information content (AvgIpc) is 2.89. The quantitative estimate of drug-likeness (QED) is 0.304. The summed E-state index contributed by atoms with van der Waals surface area (Å²) in [5.74, 6) is 1.38. The normalized spacial score (nSPS) is 14.5. The lowest BCUT2D eigenvalue weighted by Crippen LogP contribution is -2.39. The molecule has 1 amide bonds. The van der Waals surface area contributed by atoms with Gasteiger partial charge in [0, 0.05) is 24.0 Å². The Balaban J connectivity index is 1.37. The largest absolute Gasteiger partial charge is 0.339 e. The van der Waals surface area contributed by atoms with E-state index in [0.717, 1.165) is 66.5 Å². The molecule has 35 heavy (non-hydrogen) atoms. The Morgan fingerprint density at radius 2 is 1.57 bits per heavy atom. The topological polar surface area (TPSA) is 33.2 Å². The van der Waals surface area contributed by atoms with Crippen LogP contribution < -0.4 is 0 Å². The van der Waals surface area contributed by atoms with Gasteiger partial charge in [-0.05, 0) is 60.8 Å². The number of hydrogen-bond acceptors (Lipinski definition) is 2. The van der Waals surface area contributed by atoms with Crippen molar-refractivity contribution in [3.63, 3.8) is 0 Å². The van der Waals surface area contributed by atoms with Crippen molar-refractivity contribution < 1.29 is 4.79 Å². The number of aromatic nitrogens is 1. The third kappa shape index (κ3) is 5.45. The van der Waals surface area contributed by atoms with Gasteiger partial charge in [0.05, 0.1) is 16.8 Å². The molecule has 1 aliphatic rings. The Morgan fingerprint density at radius 3 is 2.29 bits per heavy atom. The first kappa shape index (κ1) is 23.3. The van der Waals surface area contributed by atoms with E-state index in [0.29, 0.717) is 11.8 Å². The van der Waals surface area contributed by atoms with Crippen LogP contribution in [0.1, 0.15) is 48.2 Å². The van der Waals surface area contributed by atoms with Crippen LogP contribution in [-0.2, 0) is 12.8 Å². The van der Waals surface area contributed by atoms with Gasteiger partial charge < -0.3 is 4.90 Å². The minimum Gasteiger partial charge on any atom is -0.339 e. The second kappa shape index (κ2) is 10.4. The number of rotatable bonds is 6. The van der Waals surface area contributed by atoms with Crippen molar-refractivity contribution in [1.29, 1.82) is 0 Å². The fraction of sp³-hybridized carbons (Fsp3) is 0.312. The summed E-state index contributed by atoms with van der Waals surface area (Å²) in [6, 6.07) is 29.4. The molecule has 0 spiro atoms. The molecule has 5 rings (SSSR count). The van der Waals surface area contributed by atoms with Crippen molar-refractivity contribution in [2.45, 2.75) is 39.5 Å². The number of likely N-dealkylation sites (tertiary alicyclic amines) is 1. The molecule has 3 aromatic carbocycles. The summed E-state index contributed by atoms with van der Waals surface area (Å²) in [5.41, 5.74) is 6.28. The summed E-state index contributed by atoms with van der Waals surface area (Å²) in [6.07, 6.45) is 4.26. The number of nitrogens with zero attached hydrogens (tertiary/aromatic N) is 2. The van der Waals surface area contributed by atoms with E-state index in [4.69, 9.17) is 4.98 Å². The number of carbonyl (C=O) groups excluding carboxylic acids is 1. The molecule has 0 unspecified atom stereocenters. The molecule has 4 aromatic rings. The first-order chi connectivity index (χ1) is 17.1. The lowest BCUT2D eigenvalue weighted by molar-refractivity contribution is 0.0692. The highest BCUT2D eigenvalue weighted by Crippen LogP contribution is 2.28. The molecule has 0 aliphatic carbocycles. The summed E-state index contributed by atoms with van der Waals surface area (Å²) in [6.45, 7) is 6.10. The first-order valence-electron chi connectivity index (χ1n) is 12.9. The lowest BCUT2D eigenvalue weighted by atomic mass is 9.90. The summed E-state index contributed by atoms with van der Waals surface area (Å²) in [7, 11) is 0. The number of piperidine rings is 1. The summed E-state index contributed by atoms with van der Waals surface area (Å²) in [5, 5.41) is 0.934. The monoisotopic (exact) mass is 462 g/mol. The van der Waals surface area contributed by atoms with Gasteiger partial charge in [0.2, 0.25) is 0 Å². The summed E-state index contributed by atoms with van der Waals surface area (Å²) >= 11 is 0. The van der Waals surface area contributed by atoms with Crippen molar-refractivity contribution in [2.75, 3.05) is 13.1 Å². The maximum Gasteiger partial charge on any atom is 0.254 e. The van der Waals surface area contributed by atoms with Crippen molar-refractivity contribution in [1.82, 2.24) is 9.88 Å². The summed E-state index contributed by atoms with van der Waals surface area (Å²) < 4.78 is 0. The van der Waals surface area contributed by atoms with E-state index >= 15 is 0 Å². The second-order valence-corrected chi connectivity index (χ2v) is 10.3. The van der Waals surface area contributed by atoms with Gasteiger partial charge in [0.1, 0.15) is 0 Å². The van der Waals surface area contributed by atoms with Crippen LogP contribution in [0.4, 0.5) is 0 Å². The van der Waals surface area contributed by atoms with Crippen LogP contribution in [0.5, 0.6) is 0 Å². The number of amides is 1. The highest BCUT2D eigenvalue weighted by molar-refractivity contribution is 6.07. The van der Waals surface area contributed by atoms with Gasteiger partial charge in [0.25, 0.3) is 5.91 Å². The Labute approximate surface area is 208 Å². The fourth-order valence-electron chi connectivity index (χ4n) is 5.24. The molecule has 1 saturated heterocycles. The van der Waals surface area contributed by atoms with Crippen molar-refractivity contribution >= 4 is 16.8 Å². The van der Waals surface area contributed by atoms with E-state index in [2.05, 4.69) is 68.4 Å². The molecule has 3 heteroatoms. The van der Waals surface area contributed by atoms with E-state index in [1.807, 2.05) is 35.2 Å². The smallest absolute Gasteiger partial charge is 0.254 e. The van der Waals surface area contributed by atoms with E-state index in [1.54, 1.807) is 0 Å². The maximum absolute atomic E-state index is 13.7. The lowest BCUT2D eigenvalue weighted by Gasteiger charge is -2.32. The molecule has 0 atom stereocenters. The number of hydrogen-bond donors (Lipinski definition) is 0. The molecule has 178 valence electrons. The molecule has 0 saturated carbocycles. The number of carbonyl (C=O) groups is 1. The van der Waals surface area contributed by atoms with Gasteiger partial charge >= 0.3 is 0 Å². The van der Waals surface area contributed by atoms with E-state index in [-0.39, 0.29) is 5.91 Å². The molecule has 0 bridgehead atoms. The SMILES string of the molecule is CC(C)Cc1ccc(-c2cc(C(=O)N3CCC(Cc4ccccc4)CC3)c3ccccc3n2)cc1. The number of fused-ring (bicyclic) bond motifs is 1. The molecule has 0 radical (unpaired) electrons. The Hall–Kier alpha value is -3.46. The number of benzene rings is 3. The van der Waals surface area contributed by atoms with Crippen LogP contribution in [0.3, 0.4) is 0 Å². The standard InChI is InChI=1S/C32H34N2O/c1-23(2)20-25-12-14-27(15-13-25)31-22-29(28-10-6-7-11-30(28)33-31)32(35)34-18-16-26(17-19-34)21-24-8-4-3-5-9-24/h3-15,22-23,26H,16-21H2,1-2H3. The van der Waals surface area contributed by atoms with Gasteiger partial charge in [-0.1, -0.05) is 86.6 Å². The van der Waals surface area contributed by atoms with Crippen LogP contribution in [0.25, 0.3) is 22.2 Å². The van der Waals surface area contributed by atoms with E-state index in [9.17, 15) is 4.79 Å². The highest BCUT2D eigenvalue weighted by atomic mass is 16.2. The van der Waals surface area contributed by atoms with Gasteiger partial charge in [-0.2, -0.15) is 0 Å². The molecule has 1 aromatic heterocycles. The average molecular weight is 463 g/mol. The fourth-order valence-corrected chi connectivity index (χ4v) is 5.24. The minimum atomic E-state index is 0.124. The first-order valence-corrected chi connectivity index (χ1v) is 12.9. The van der Waals surface area contributed by atoms with Crippen LogP contribution >= 0.6 is 0 Å². The molecule has 0 N–H and O–H groups in total. The van der Waals surface area contributed by atoms with Gasteiger partial charge in [0.15, 0.2) is 0 Å². The summed E-state index contributed by atoms with van der Waals surface area (Å²) in [4.78, 5) is 20.7. The van der Waals surface area contributed by atoms with Gasteiger partial charge in [-0.3, -0.25) is 4.79 Å². The molecule has 1 fully saturated rings. The van der Waals surface area contributed by atoms with Crippen LogP contribution in [0.15, 0.2) is 84.9 Å². The predicted molar refractivity (Wildman–Crippen MR) is 144 cm³/mol. The van der Waals surface area contributed by atoms with Crippen LogP contribution in [0, 0.1) is 11.8 Å². The Kier molecular flexibility index (Phi) is 6.94. The van der Waals surface area contributed by atoms with Gasteiger partial charge in [-0.15, -0.1) is 0 Å². The van der Waals surface area contributed by atoms with Crippen LogP contribution in [-0.4, -0.2) is 28.9 Å². The van der Waals surface area contributed by atoms with E-state index < -0.39 is 0 Å². The maximum atomic E-state index is 13.7. The zero-order valence-corrected chi connectivity index (χ0v) is 20.8. The third-order valence-electron chi connectivity index (χ3n) is 7.11. The minimum absolute atomic E-state index is 0.124. The van der Waals surface area contributed by atoms with Crippen molar-refractivity contribution in [3.8, 4) is 11.3 Å². The van der Waals surface area contributed by atoms with Gasteiger partial charge in [-0.25, -0.2) is 4.98 Å². The molecule has 1 aliphatic heterocycles. The zero-order valence-electron chi connectivity index (χ0n) is 20.8. The number of para-hydroxylation sites is 1. The molecular weight excluding hydrogens is 428 g/mol. The van der Waals surface area contributed by atoms with E-state index in [1.165, 1.54) is 11.1 Å². The Bertz CT molecular complexity index is 1290. The zero-order chi connectivity index (χ0) is 24.2. The highest BCUT2D eigenvalue weighted by Gasteiger charge is 2.25. The van der Waals surface area contributed by atoms with Crippen molar-refractivity contribution in [3.05, 3.63) is 102 Å². The third-order valence-corrected chi connectivity index (χ3v) is 7.11. The van der Waals surface area contributed by atoms with Crippen LogP contribution in [0.2, 0.25) is 0 Å². The number of pyridine rings is 1. The Morgan fingerprint density at radius 1 is 0.886 bits per heavy atom. The predicted octanol–water partition coefficient (Wildman–Crippen LogP) is 7.20. The van der Waals surface area contributed by atoms with Crippen molar-refractivity contribution in [2.24, 2.45) is 11.8 Å². The molecule has 3 nitrogen and oxygen atoms in total. The molecular formula is C32H34N2O. The molecule has 2 heterocycles.